The molecule has 0 spiro atoms. The lowest BCUT2D eigenvalue weighted by Gasteiger charge is -2.34. The van der Waals surface area contributed by atoms with Gasteiger partial charge in [-0.25, -0.2) is 12.9 Å². The van der Waals surface area contributed by atoms with Crippen LogP contribution in [0.15, 0.2) is 66.9 Å². The number of rotatable bonds is 6. The second kappa shape index (κ2) is 9.20. The molecular weight excluding hydrogens is 462 g/mol. The largest absolute Gasteiger partial charge is 0.369 e. The molecule has 0 saturated carbocycles. The molecule has 0 unspecified atom stereocenters. The van der Waals surface area contributed by atoms with Crippen LogP contribution in [0.1, 0.15) is 0 Å². The summed E-state index contributed by atoms with van der Waals surface area (Å²) in [5, 5.41) is 7.95. The zero-order valence-electron chi connectivity index (χ0n) is 20.1. The number of aromatic nitrogens is 3. The van der Waals surface area contributed by atoms with Crippen molar-refractivity contribution in [3.63, 3.8) is 0 Å². The van der Waals surface area contributed by atoms with Gasteiger partial charge in [-0.05, 0) is 43.4 Å². The standard InChI is InChI=1S/C25H29N7O2S/c1-29-14-16-31(17-15-29)20-9-6-8-19(18-20)26-25-27-24-22(11-7-13-32(24)28-25)21-10-4-5-12-23(21)30(2)35(3,33)34/h4-13,18H,14-17H2,1-3H3,(H,26,28). The number of benzene rings is 2. The van der Waals surface area contributed by atoms with Gasteiger partial charge in [-0.15, -0.1) is 5.10 Å². The monoisotopic (exact) mass is 491 g/mol. The van der Waals surface area contributed by atoms with Gasteiger partial charge in [0.2, 0.25) is 16.0 Å². The summed E-state index contributed by atoms with van der Waals surface area (Å²) in [5.74, 6) is 0.474. The number of hydrogen-bond donors (Lipinski definition) is 1. The smallest absolute Gasteiger partial charge is 0.247 e. The molecule has 9 nitrogen and oxygen atoms in total. The van der Waals surface area contributed by atoms with Gasteiger partial charge in [-0.3, -0.25) is 4.31 Å². The highest BCUT2D eigenvalue weighted by Gasteiger charge is 2.19. The summed E-state index contributed by atoms with van der Waals surface area (Å²) in [6.07, 6.45) is 3.03. The van der Waals surface area contributed by atoms with Crippen LogP contribution in [-0.4, -0.2) is 74.4 Å². The van der Waals surface area contributed by atoms with E-state index in [1.165, 1.54) is 16.2 Å². The van der Waals surface area contributed by atoms with Gasteiger partial charge in [0.25, 0.3) is 0 Å². The molecule has 4 aromatic rings. The number of nitrogens with zero attached hydrogens (tertiary/aromatic N) is 6. The van der Waals surface area contributed by atoms with Crippen molar-refractivity contribution < 1.29 is 8.42 Å². The molecular formula is C25H29N7O2S. The Bertz CT molecular complexity index is 1460. The van der Waals surface area contributed by atoms with E-state index in [9.17, 15) is 8.42 Å². The lowest BCUT2D eigenvalue weighted by atomic mass is 10.1. The molecule has 0 aliphatic carbocycles. The Hall–Kier alpha value is -3.63. The summed E-state index contributed by atoms with van der Waals surface area (Å²) in [6.45, 7) is 4.09. The first-order chi connectivity index (χ1) is 16.8. The lowest BCUT2D eigenvalue weighted by Crippen LogP contribution is -2.44. The Morgan fingerprint density at radius 3 is 2.46 bits per heavy atom. The molecule has 0 bridgehead atoms. The van der Waals surface area contributed by atoms with Gasteiger partial charge in [-0.1, -0.05) is 24.3 Å². The van der Waals surface area contributed by atoms with Crippen molar-refractivity contribution in [2.75, 3.05) is 61.1 Å². The Morgan fingerprint density at radius 2 is 1.69 bits per heavy atom. The Balaban J connectivity index is 1.47. The van der Waals surface area contributed by atoms with Gasteiger partial charge in [0, 0.05) is 61.9 Å². The minimum absolute atomic E-state index is 0.474. The zero-order valence-corrected chi connectivity index (χ0v) is 20.9. The third-order valence-corrected chi connectivity index (χ3v) is 7.56. The van der Waals surface area contributed by atoms with Crippen molar-refractivity contribution in [2.24, 2.45) is 0 Å². The first-order valence-corrected chi connectivity index (χ1v) is 13.3. The zero-order chi connectivity index (χ0) is 24.6. The molecule has 1 fully saturated rings. The molecule has 0 atom stereocenters. The van der Waals surface area contributed by atoms with Crippen LogP contribution < -0.4 is 14.5 Å². The van der Waals surface area contributed by atoms with E-state index in [2.05, 4.69) is 39.4 Å². The van der Waals surface area contributed by atoms with Crippen LogP contribution in [0.4, 0.5) is 23.0 Å². The van der Waals surface area contributed by atoms with Gasteiger partial charge in [0.05, 0.1) is 11.9 Å². The highest BCUT2D eigenvalue weighted by Crippen LogP contribution is 2.34. The quantitative estimate of drug-likeness (QED) is 0.443. The third kappa shape index (κ3) is 4.80. The van der Waals surface area contributed by atoms with Crippen molar-refractivity contribution in [2.45, 2.75) is 0 Å². The van der Waals surface area contributed by atoms with Crippen molar-refractivity contribution in [3.05, 3.63) is 66.9 Å². The van der Waals surface area contributed by atoms with E-state index in [0.717, 1.165) is 43.0 Å². The number of sulfonamides is 1. The van der Waals surface area contributed by atoms with Crippen LogP contribution in [0.2, 0.25) is 0 Å². The molecule has 1 aliphatic heterocycles. The van der Waals surface area contributed by atoms with Crippen LogP contribution in [0, 0.1) is 0 Å². The number of piperazine rings is 1. The molecule has 10 heteroatoms. The maximum Gasteiger partial charge on any atom is 0.247 e. The topological polar surface area (TPSA) is 86.1 Å². The summed E-state index contributed by atoms with van der Waals surface area (Å²) in [6, 6.07) is 19.5. The maximum absolute atomic E-state index is 12.2. The molecule has 35 heavy (non-hydrogen) atoms. The van der Waals surface area contributed by atoms with Crippen LogP contribution in [-0.2, 0) is 10.0 Å². The van der Waals surface area contributed by atoms with Crippen LogP contribution in [0.25, 0.3) is 16.8 Å². The number of para-hydroxylation sites is 1. The van der Waals surface area contributed by atoms with Gasteiger partial charge >= 0.3 is 0 Å². The third-order valence-electron chi connectivity index (χ3n) is 6.36. The average molecular weight is 492 g/mol. The van der Waals surface area contributed by atoms with Crippen LogP contribution in [0.3, 0.4) is 0 Å². The Morgan fingerprint density at radius 1 is 0.943 bits per heavy atom. The number of fused-ring (bicyclic) bond motifs is 1. The van der Waals surface area contributed by atoms with Gasteiger partial charge in [-0.2, -0.15) is 4.98 Å². The molecule has 2 aromatic carbocycles. The summed E-state index contributed by atoms with van der Waals surface area (Å²) >= 11 is 0. The first-order valence-electron chi connectivity index (χ1n) is 11.5. The fourth-order valence-corrected chi connectivity index (χ4v) is 4.81. The molecule has 1 aliphatic rings. The molecule has 2 aromatic heterocycles. The second-order valence-electron chi connectivity index (χ2n) is 8.84. The predicted molar refractivity (Wildman–Crippen MR) is 141 cm³/mol. The van der Waals surface area contributed by atoms with E-state index in [-0.39, 0.29) is 0 Å². The highest BCUT2D eigenvalue weighted by molar-refractivity contribution is 7.92. The number of likely N-dealkylation sites (N-methyl/N-ethyl adjacent to an activating group) is 1. The Kier molecular flexibility index (Phi) is 6.08. The second-order valence-corrected chi connectivity index (χ2v) is 10.9. The van der Waals surface area contributed by atoms with Crippen molar-refractivity contribution in [3.8, 4) is 11.1 Å². The molecule has 3 heterocycles. The van der Waals surface area contributed by atoms with Crippen molar-refractivity contribution in [1.29, 1.82) is 0 Å². The molecule has 0 amide bonds. The van der Waals surface area contributed by atoms with Crippen molar-refractivity contribution >= 4 is 38.7 Å². The number of nitrogens with one attached hydrogen (secondary N) is 1. The first kappa shape index (κ1) is 23.1. The fraction of sp³-hybridized carbons (Fsp3) is 0.280. The van der Waals surface area contributed by atoms with Gasteiger partial charge in [0.1, 0.15) is 0 Å². The van der Waals surface area contributed by atoms with Crippen LogP contribution >= 0.6 is 0 Å². The molecule has 0 radical (unpaired) electrons. The molecule has 1 N–H and O–H groups in total. The van der Waals surface area contributed by atoms with Gasteiger partial charge in [0.15, 0.2) is 5.65 Å². The summed E-state index contributed by atoms with van der Waals surface area (Å²) in [5.41, 5.74) is 4.87. The highest BCUT2D eigenvalue weighted by atomic mass is 32.2. The SMILES string of the molecule is CN1CCN(c2cccc(Nc3nc4c(-c5ccccc5N(C)S(C)(=O)=O)cccn4n3)c2)CC1. The van der Waals surface area contributed by atoms with Crippen molar-refractivity contribution in [1.82, 2.24) is 19.5 Å². The minimum atomic E-state index is -3.42. The number of pyridine rings is 1. The van der Waals surface area contributed by atoms with E-state index < -0.39 is 10.0 Å². The molecule has 182 valence electrons. The summed E-state index contributed by atoms with van der Waals surface area (Å²) < 4.78 is 27.4. The fourth-order valence-electron chi connectivity index (χ4n) is 4.30. The summed E-state index contributed by atoms with van der Waals surface area (Å²) in [4.78, 5) is 9.47. The number of anilines is 4. The molecule has 1 saturated heterocycles. The van der Waals surface area contributed by atoms with E-state index in [4.69, 9.17) is 4.98 Å². The van der Waals surface area contributed by atoms with E-state index >= 15 is 0 Å². The Labute approximate surface area is 205 Å². The normalized spacial score (nSPS) is 14.9. The maximum atomic E-state index is 12.2. The predicted octanol–water partition coefficient (Wildman–Crippen LogP) is 3.29. The van der Waals surface area contributed by atoms with Crippen LogP contribution in [0.5, 0.6) is 0 Å². The minimum Gasteiger partial charge on any atom is -0.369 e. The average Bonchev–Trinajstić information content (AvgIpc) is 3.26. The summed E-state index contributed by atoms with van der Waals surface area (Å²) in [7, 11) is 0.283. The van der Waals surface area contributed by atoms with Gasteiger partial charge < -0.3 is 15.1 Å². The van der Waals surface area contributed by atoms with E-state index in [0.29, 0.717) is 17.3 Å². The number of hydrogen-bond acceptors (Lipinski definition) is 7. The molecule has 5 rings (SSSR count). The van der Waals surface area contributed by atoms with E-state index in [1.807, 2.05) is 48.7 Å². The lowest BCUT2D eigenvalue weighted by molar-refractivity contribution is 0.313. The van der Waals surface area contributed by atoms with E-state index in [1.54, 1.807) is 17.6 Å².